The molecule has 1 aromatic rings. The highest BCUT2D eigenvalue weighted by Crippen LogP contribution is 2.18. The minimum Gasteiger partial charge on any atom is -0.446 e. The van der Waals surface area contributed by atoms with Crippen molar-refractivity contribution >= 4 is 0 Å². The Hall–Kier alpha value is -0.830. The molecule has 0 aliphatic heterocycles. The Kier molecular flexibility index (Phi) is 3.99. The van der Waals surface area contributed by atoms with Gasteiger partial charge < -0.3 is 9.73 Å². The van der Waals surface area contributed by atoms with Gasteiger partial charge in [0.05, 0.1) is 6.20 Å². The molecule has 3 heteroatoms. The van der Waals surface area contributed by atoms with E-state index in [9.17, 15) is 0 Å². The molecule has 90 valence electrons. The van der Waals surface area contributed by atoms with E-state index < -0.39 is 0 Å². The maximum absolute atomic E-state index is 5.68. The molecule has 1 saturated carbocycles. The van der Waals surface area contributed by atoms with Crippen LogP contribution >= 0.6 is 0 Å². The molecule has 0 atom stereocenters. The lowest BCUT2D eigenvalue weighted by Gasteiger charge is -2.00. The zero-order valence-electron chi connectivity index (χ0n) is 10.3. The summed E-state index contributed by atoms with van der Waals surface area (Å²) in [6.07, 6.45) is 7.67. The van der Waals surface area contributed by atoms with Crippen molar-refractivity contribution in [1.29, 1.82) is 0 Å². The highest BCUT2D eigenvalue weighted by atomic mass is 16.4. The number of rotatable bonds is 7. The Morgan fingerprint density at radius 1 is 1.50 bits per heavy atom. The van der Waals surface area contributed by atoms with Crippen LogP contribution < -0.4 is 5.32 Å². The molecule has 2 rings (SSSR count). The predicted molar refractivity (Wildman–Crippen MR) is 64.4 cm³/mol. The molecular weight excluding hydrogens is 200 g/mol. The Labute approximate surface area is 97.6 Å². The number of hydrogen-bond acceptors (Lipinski definition) is 3. The molecule has 0 spiro atoms. The van der Waals surface area contributed by atoms with Crippen LogP contribution in [0, 0.1) is 5.92 Å². The van der Waals surface area contributed by atoms with Crippen molar-refractivity contribution in [2.75, 3.05) is 6.54 Å². The summed E-state index contributed by atoms with van der Waals surface area (Å²) in [4.78, 5) is 4.31. The lowest BCUT2D eigenvalue weighted by molar-refractivity contribution is 0.426. The maximum atomic E-state index is 5.68. The van der Waals surface area contributed by atoms with Crippen LogP contribution in [0.5, 0.6) is 0 Å². The average molecular weight is 222 g/mol. The predicted octanol–water partition coefficient (Wildman–Crippen LogP) is 2.56. The number of aryl methyl sites for hydroxylation is 1. The molecule has 16 heavy (non-hydrogen) atoms. The largest absolute Gasteiger partial charge is 0.446 e. The van der Waals surface area contributed by atoms with Crippen molar-refractivity contribution < 1.29 is 4.42 Å². The van der Waals surface area contributed by atoms with E-state index >= 15 is 0 Å². The molecule has 0 radical (unpaired) electrons. The summed E-state index contributed by atoms with van der Waals surface area (Å²) in [5.74, 6) is 2.56. The van der Waals surface area contributed by atoms with Crippen LogP contribution in [-0.2, 0) is 12.8 Å². The molecule has 3 nitrogen and oxygen atoms in total. The second-order valence-corrected chi connectivity index (χ2v) is 5.15. The molecule has 1 N–H and O–H groups in total. The number of nitrogens with zero attached hydrogens (tertiary/aromatic N) is 1. The molecule has 1 heterocycles. The highest BCUT2D eigenvalue weighted by molar-refractivity contribution is 4.95. The molecule has 1 aliphatic rings. The molecule has 1 fully saturated rings. The van der Waals surface area contributed by atoms with Crippen molar-refractivity contribution in [2.24, 2.45) is 5.92 Å². The van der Waals surface area contributed by atoms with Crippen molar-refractivity contribution in [3.63, 3.8) is 0 Å². The minimum atomic E-state index is 0.636. The van der Waals surface area contributed by atoms with Crippen LogP contribution in [0.1, 0.15) is 44.8 Å². The van der Waals surface area contributed by atoms with E-state index in [2.05, 4.69) is 24.1 Å². The molecule has 0 saturated heterocycles. The maximum Gasteiger partial charge on any atom is 0.194 e. The third kappa shape index (κ3) is 3.97. The fraction of sp³-hybridized carbons (Fsp3) is 0.769. The zero-order valence-corrected chi connectivity index (χ0v) is 10.3. The first-order chi connectivity index (χ1) is 7.74. The number of nitrogens with one attached hydrogen (secondary N) is 1. The van der Waals surface area contributed by atoms with Gasteiger partial charge in [-0.15, -0.1) is 0 Å². The van der Waals surface area contributed by atoms with Crippen LogP contribution in [0.15, 0.2) is 10.6 Å². The van der Waals surface area contributed by atoms with Gasteiger partial charge in [0, 0.05) is 18.9 Å². The van der Waals surface area contributed by atoms with E-state index in [1.54, 1.807) is 0 Å². The van der Waals surface area contributed by atoms with Crippen molar-refractivity contribution in [2.45, 2.75) is 52.0 Å². The number of hydrogen-bond donors (Lipinski definition) is 1. The van der Waals surface area contributed by atoms with Gasteiger partial charge in [-0.3, -0.25) is 0 Å². The van der Waals surface area contributed by atoms with Gasteiger partial charge in [0.25, 0.3) is 0 Å². The summed E-state index contributed by atoms with van der Waals surface area (Å²) in [5, 5.41) is 3.50. The van der Waals surface area contributed by atoms with Crippen LogP contribution in [-0.4, -0.2) is 17.6 Å². The van der Waals surface area contributed by atoms with Crippen molar-refractivity contribution in [1.82, 2.24) is 10.3 Å². The minimum absolute atomic E-state index is 0.636. The first-order valence-electron chi connectivity index (χ1n) is 6.41. The van der Waals surface area contributed by atoms with Crippen LogP contribution in [0.3, 0.4) is 0 Å². The fourth-order valence-electron chi connectivity index (χ4n) is 1.79. The molecule has 0 bridgehead atoms. The van der Waals surface area contributed by atoms with E-state index in [4.69, 9.17) is 4.42 Å². The average Bonchev–Trinajstić information content (AvgIpc) is 2.95. The summed E-state index contributed by atoms with van der Waals surface area (Å²) in [6, 6.07) is 0.807. The van der Waals surface area contributed by atoms with Crippen molar-refractivity contribution in [3.8, 4) is 0 Å². The molecule has 0 unspecified atom stereocenters. The Morgan fingerprint density at radius 3 is 3.00 bits per heavy atom. The van der Waals surface area contributed by atoms with E-state index in [0.29, 0.717) is 5.92 Å². The number of oxazole rings is 1. The van der Waals surface area contributed by atoms with Gasteiger partial charge in [0.2, 0.25) is 0 Å². The van der Waals surface area contributed by atoms with E-state index in [1.165, 1.54) is 12.8 Å². The van der Waals surface area contributed by atoms with Gasteiger partial charge in [-0.05, 0) is 31.7 Å². The molecule has 1 aliphatic carbocycles. The third-order valence-corrected chi connectivity index (χ3v) is 2.79. The SMILES string of the molecule is CC(C)Cc1cnc(CCCNC2CC2)o1. The standard InChI is InChI=1S/C13H22N2O/c1-10(2)8-12-9-15-13(16-12)4-3-7-14-11-5-6-11/h9-11,14H,3-8H2,1-2H3. The lowest BCUT2D eigenvalue weighted by Crippen LogP contribution is -2.17. The summed E-state index contributed by atoms with van der Waals surface area (Å²) < 4.78 is 5.68. The Bertz CT molecular complexity index is 315. The van der Waals surface area contributed by atoms with Crippen LogP contribution in [0.2, 0.25) is 0 Å². The molecular formula is C13H22N2O. The van der Waals surface area contributed by atoms with Crippen LogP contribution in [0.25, 0.3) is 0 Å². The van der Waals surface area contributed by atoms with Crippen LogP contribution in [0.4, 0.5) is 0 Å². The fourth-order valence-corrected chi connectivity index (χ4v) is 1.79. The van der Waals surface area contributed by atoms with E-state index in [1.807, 2.05) is 6.20 Å². The Morgan fingerprint density at radius 2 is 2.31 bits per heavy atom. The second kappa shape index (κ2) is 5.48. The van der Waals surface area contributed by atoms with E-state index in [-0.39, 0.29) is 0 Å². The second-order valence-electron chi connectivity index (χ2n) is 5.15. The summed E-state index contributed by atoms with van der Waals surface area (Å²) in [5.41, 5.74) is 0. The zero-order chi connectivity index (χ0) is 11.4. The summed E-state index contributed by atoms with van der Waals surface area (Å²) in [6.45, 7) is 5.48. The summed E-state index contributed by atoms with van der Waals surface area (Å²) >= 11 is 0. The van der Waals surface area contributed by atoms with Gasteiger partial charge in [-0.25, -0.2) is 4.98 Å². The third-order valence-electron chi connectivity index (χ3n) is 2.79. The normalized spacial score (nSPS) is 15.9. The molecule has 0 aromatic carbocycles. The van der Waals surface area contributed by atoms with E-state index in [0.717, 1.165) is 43.5 Å². The van der Waals surface area contributed by atoms with Gasteiger partial charge in [0.1, 0.15) is 5.76 Å². The van der Waals surface area contributed by atoms with Gasteiger partial charge >= 0.3 is 0 Å². The van der Waals surface area contributed by atoms with Gasteiger partial charge in [0.15, 0.2) is 5.89 Å². The first-order valence-corrected chi connectivity index (χ1v) is 6.41. The molecule has 1 aromatic heterocycles. The lowest BCUT2D eigenvalue weighted by atomic mass is 10.1. The first kappa shape index (κ1) is 11.6. The smallest absolute Gasteiger partial charge is 0.194 e. The van der Waals surface area contributed by atoms with Gasteiger partial charge in [-0.1, -0.05) is 13.8 Å². The Balaban J connectivity index is 1.65. The molecule has 0 amide bonds. The monoisotopic (exact) mass is 222 g/mol. The highest BCUT2D eigenvalue weighted by Gasteiger charge is 2.19. The summed E-state index contributed by atoms with van der Waals surface area (Å²) in [7, 11) is 0. The van der Waals surface area contributed by atoms with Gasteiger partial charge in [-0.2, -0.15) is 0 Å². The number of aromatic nitrogens is 1. The topological polar surface area (TPSA) is 38.1 Å². The quantitative estimate of drug-likeness (QED) is 0.720. The van der Waals surface area contributed by atoms with Crippen molar-refractivity contribution in [3.05, 3.63) is 17.8 Å².